The third-order valence-electron chi connectivity index (χ3n) is 1.42. The van der Waals surface area contributed by atoms with Crippen molar-refractivity contribution in [3.05, 3.63) is 29.2 Å². The quantitative estimate of drug-likeness (QED) is 0.397. The highest BCUT2D eigenvalue weighted by Crippen LogP contribution is 2.05. The van der Waals surface area contributed by atoms with Crippen LogP contribution in [-0.2, 0) is 0 Å². The van der Waals surface area contributed by atoms with Crippen LogP contribution < -0.4 is 5.46 Å². The molecule has 0 fully saturated rings. The molecule has 12 heavy (non-hydrogen) atoms. The van der Waals surface area contributed by atoms with E-state index in [0.717, 1.165) is 0 Å². The topological polar surface area (TPSA) is 80.8 Å². The third kappa shape index (κ3) is 1.61. The van der Waals surface area contributed by atoms with E-state index < -0.39 is 12.0 Å². The molecule has 0 heterocycles. The number of hydrogen-bond donors (Lipinski definition) is 3. The van der Waals surface area contributed by atoms with Crippen LogP contribution in [0.1, 0.15) is 0 Å². The van der Waals surface area contributed by atoms with Gasteiger partial charge in [-0.05, 0) is 0 Å². The van der Waals surface area contributed by atoms with Crippen LogP contribution in [-0.4, -0.2) is 27.3 Å². The molecule has 0 amide bonds. The summed E-state index contributed by atoms with van der Waals surface area (Å²) in [6.07, 6.45) is 0. The summed E-state index contributed by atoms with van der Waals surface area (Å²) < 4.78 is 0. The maximum absolute atomic E-state index is 10.4. The minimum absolute atomic E-state index is 0.0324. The minimum Gasteiger partial charge on any atom is -0.423 e. The largest absolute Gasteiger partial charge is 0.495 e. The van der Waals surface area contributed by atoms with Crippen LogP contribution in [0, 0.1) is 4.91 Å². The Hall–Kier alpha value is -1.40. The number of para-hydroxylation sites is 1. The summed E-state index contributed by atoms with van der Waals surface area (Å²) in [5.41, 5.74) is -0.206. The van der Waals surface area contributed by atoms with Crippen LogP contribution >= 0.6 is 0 Å². The van der Waals surface area contributed by atoms with Crippen molar-refractivity contribution in [1.82, 2.24) is 0 Å². The monoisotopic (exact) mass is 168 g/mol. The molecule has 0 radical (unpaired) electrons. The first kappa shape index (κ1) is 8.70. The number of nitrogens with zero attached hydrogens (tertiary/aromatic N) is 1. The van der Waals surface area contributed by atoms with Gasteiger partial charge in [-0.25, -0.2) is 5.21 Å². The molecular weight excluding hydrogens is 161 g/mol. The fraction of sp³-hybridized carbons (Fsp3) is 0. The lowest BCUT2D eigenvalue weighted by atomic mass is 9.79. The molecule has 1 aromatic rings. The summed E-state index contributed by atoms with van der Waals surface area (Å²) in [6, 6.07) is 5.65. The molecule has 0 unspecified atom stereocenters. The Balaban J connectivity index is 3.17. The molecule has 5 nitrogen and oxygen atoms in total. The summed E-state index contributed by atoms with van der Waals surface area (Å²) >= 11 is 0. The van der Waals surface area contributed by atoms with E-state index in [4.69, 9.17) is 15.3 Å². The zero-order chi connectivity index (χ0) is 9.14. The van der Waals surface area contributed by atoms with E-state index in [1.165, 1.54) is 24.3 Å². The van der Waals surface area contributed by atoms with Gasteiger partial charge in [-0.3, -0.25) is 0 Å². The van der Waals surface area contributed by atoms with Crippen LogP contribution in [0.3, 0.4) is 0 Å². The lowest BCUT2D eigenvalue weighted by molar-refractivity contribution is -0.729. The van der Waals surface area contributed by atoms with Gasteiger partial charge in [-0.1, -0.05) is 18.2 Å². The predicted octanol–water partition coefficient (Wildman–Crippen LogP) is -0.834. The van der Waals surface area contributed by atoms with E-state index in [0.29, 0.717) is 0 Å². The maximum Gasteiger partial charge on any atom is 0.495 e. The van der Waals surface area contributed by atoms with Gasteiger partial charge in [-0.15, -0.1) is 0 Å². The highest BCUT2D eigenvalue weighted by atomic mass is 16.6. The number of benzene rings is 1. The molecule has 62 valence electrons. The van der Waals surface area contributed by atoms with Gasteiger partial charge in [0.2, 0.25) is 0 Å². The molecule has 0 aliphatic carbocycles. The van der Waals surface area contributed by atoms with E-state index in [9.17, 15) is 4.91 Å². The van der Waals surface area contributed by atoms with Crippen molar-refractivity contribution in [3.8, 4) is 0 Å². The average molecular weight is 168 g/mol. The van der Waals surface area contributed by atoms with Crippen molar-refractivity contribution in [1.29, 1.82) is 0 Å². The second-order valence-corrected chi connectivity index (χ2v) is 2.21. The zero-order valence-corrected chi connectivity index (χ0v) is 6.08. The van der Waals surface area contributed by atoms with E-state index in [2.05, 4.69) is 0 Å². The molecule has 3 N–H and O–H groups in total. The Morgan fingerprint density at radius 2 is 1.83 bits per heavy atom. The van der Waals surface area contributed by atoms with Crippen molar-refractivity contribution in [2.24, 2.45) is 0 Å². The second-order valence-electron chi connectivity index (χ2n) is 2.21. The molecule has 0 spiro atoms. The summed E-state index contributed by atoms with van der Waals surface area (Å²) in [4.78, 5) is 10.0. The fourth-order valence-electron chi connectivity index (χ4n) is 0.880. The van der Waals surface area contributed by atoms with Gasteiger partial charge in [0.1, 0.15) is 0 Å². The summed E-state index contributed by atoms with van der Waals surface area (Å²) in [5, 5.41) is 26.0. The molecule has 0 aromatic heterocycles. The number of hydrogen-bond acceptors (Lipinski definition) is 3. The summed E-state index contributed by atoms with van der Waals surface area (Å²) in [7, 11) is -1.76. The lowest BCUT2D eigenvalue weighted by Gasteiger charge is -1.95. The normalized spacial score (nSPS) is 9.50. The van der Waals surface area contributed by atoms with E-state index >= 15 is 0 Å². The Labute approximate surface area is 68.6 Å². The molecular formula is C6H7BNO4+. The van der Waals surface area contributed by atoms with Crippen molar-refractivity contribution >= 4 is 18.3 Å². The summed E-state index contributed by atoms with van der Waals surface area (Å²) in [6.45, 7) is 0. The van der Waals surface area contributed by atoms with Crippen molar-refractivity contribution < 1.29 is 20.2 Å². The minimum atomic E-state index is -1.76. The van der Waals surface area contributed by atoms with E-state index in [-0.39, 0.29) is 11.2 Å². The van der Waals surface area contributed by atoms with E-state index in [1.54, 1.807) is 0 Å². The highest BCUT2D eigenvalue weighted by Gasteiger charge is 2.25. The molecule has 0 saturated heterocycles. The van der Waals surface area contributed by atoms with Crippen LogP contribution in [0.2, 0.25) is 0 Å². The SMILES string of the molecule is O=[N+](O)c1ccccc1B(O)O. The summed E-state index contributed by atoms with van der Waals surface area (Å²) in [5.74, 6) is 0. The van der Waals surface area contributed by atoms with Gasteiger partial charge < -0.3 is 10.0 Å². The van der Waals surface area contributed by atoms with Gasteiger partial charge in [0.25, 0.3) is 4.92 Å². The smallest absolute Gasteiger partial charge is 0.423 e. The molecule has 0 atom stereocenters. The van der Waals surface area contributed by atoms with Gasteiger partial charge >= 0.3 is 12.8 Å². The molecule has 1 aromatic carbocycles. The molecule has 0 aliphatic rings. The standard InChI is InChI=1S/C6H7BNO4/c9-7(10)5-3-1-2-4-6(5)8(11)12/h1-4,9-10H,(H,11,12)/q+1. The first-order valence-corrected chi connectivity index (χ1v) is 3.24. The van der Waals surface area contributed by atoms with Crippen molar-refractivity contribution in [2.75, 3.05) is 0 Å². The molecule has 0 saturated carbocycles. The highest BCUT2D eigenvalue weighted by molar-refractivity contribution is 6.60. The Kier molecular flexibility index (Phi) is 2.42. The second kappa shape index (κ2) is 3.33. The fourth-order valence-corrected chi connectivity index (χ4v) is 0.880. The zero-order valence-electron chi connectivity index (χ0n) is 6.08. The van der Waals surface area contributed by atoms with E-state index in [1.807, 2.05) is 0 Å². The molecule has 6 heteroatoms. The van der Waals surface area contributed by atoms with Gasteiger partial charge in [0.15, 0.2) is 0 Å². The van der Waals surface area contributed by atoms with Gasteiger partial charge in [0, 0.05) is 6.07 Å². The van der Waals surface area contributed by atoms with Crippen molar-refractivity contribution in [2.45, 2.75) is 0 Å². The Morgan fingerprint density at radius 3 is 2.25 bits per heavy atom. The molecule has 1 rings (SSSR count). The van der Waals surface area contributed by atoms with Crippen LogP contribution in [0.4, 0.5) is 5.69 Å². The predicted molar refractivity (Wildman–Crippen MR) is 41.3 cm³/mol. The van der Waals surface area contributed by atoms with Gasteiger partial charge in [0.05, 0.1) is 10.4 Å². The van der Waals surface area contributed by atoms with Crippen LogP contribution in [0.25, 0.3) is 0 Å². The molecule has 0 aliphatic heterocycles. The number of rotatable bonds is 2. The molecule has 0 bridgehead atoms. The first-order valence-electron chi connectivity index (χ1n) is 3.24. The van der Waals surface area contributed by atoms with Crippen LogP contribution in [0.5, 0.6) is 0 Å². The van der Waals surface area contributed by atoms with Crippen molar-refractivity contribution in [3.63, 3.8) is 0 Å². The Morgan fingerprint density at radius 1 is 1.25 bits per heavy atom. The first-order chi connectivity index (χ1) is 5.63. The maximum atomic E-state index is 10.4. The average Bonchev–Trinajstić information content (AvgIpc) is 2.04. The Bertz CT molecular complexity index is 301. The lowest BCUT2D eigenvalue weighted by Crippen LogP contribution is -2.31. The third-order valence-corrected chi connectivity index (χ3v) is 1.42. The van der Waals surface area contributed by atoms with Gasteiger partial charge in [-0.2, -0.15) is 0 Å². The van der Waals surface area contributed by atoms with Crippen LogP contribution in [0.15, 0.2) is 24.3 Å².